The zero-order valence-electron chi connectivity index (χ0n) is 14.2. The summed E-state index contributed by atoms with van der Waals surface area (Å²) in [5.74, 6) is 0.698. The zero-order valence-corrected chi connectivity index (χ0v) is 17.3. The van der Waals surface area contributed by atoms with Gasteiger partial charge >= 0.3 is 0 Å². The van der Waals surface area contributed by atoms with E-state index in [-0.39, 0.29) is 36.4 Å². The van der Waals surface area contributed by atoms with Gasteiger partial charge in [0.25, 0.3) is 0 Å². The van der Waals surface area contributed by atoms with E-state index in [1.807, 2.05) is 36.2 Å². The molecule has 5 nitrogen and oxygen atoms in total. The molecule has 1 aromatic rings. The first kappa shape index (κ1) is 22.0. The average Bonchev–Trinajstić information content (AvgIpc) is 2.46. The summed E-state index contributed by atoms with van der Waals surface area (Å²) in [4.78, 5) is 19.6. The van der Waals surface area contributed by atoms with Crippen LogP contribution in [0.4, 0.5) is 0 Å². The van der Waals surface area contributed by atoms with E-state index in [9.17, 15) is 4.79 Å². The number of nitrogens with zero attached hydrogens (tertiary/aromatic N) is 3. The van der Waals surface area contributed by atoms with Crippen molar-refractivity contribution in [2.45, 2.75) is 19.9 Å². The molecule has 0 aliphatic carbocycles. The lowest BCUT2D eigenvalue weighted by Gasteiger charge is -2.23. The standard InChI is InChI=1S/C16H25ClN4O.HI/c1-5-9-18-16(19-11-15(22)20(2)3)21(4)12-13-7-6-8-14(17)10-13;/h6-8,10H,5,9,11-12H2,1-4H3,(H,18,19);1H. The number of hydrogen-bond acceptors (Lipinski definition) is 2. The minimum absolute atomic E-state index is 0. The van der Waals surface area contributed by atoms with Gasteiger partial charge in [0.15, 0.2) is 5.96 Å². The maximum atomic E-state index is 11.7. The smallest absolute Gasteiger partial charge is 0.243 e. The Morgan fingerprint density at radius 3 is 2.57 bits per heavy atom. The highest BCUT2D eigenvalue weighted by atomic mass is 127. The minimum atomic E-state index is -0.0213. The molecule has 0 bridgehead atoms. The van der Waals surface area contributed by atoms with Gasteiger partial charge < -0.3 is 15.1 Å². The summed E-state index contributed by atoms with van der Waals surface area (Å²) in [6.45, 7) is 3.71. The lowest BCUT2D eigenvalue weighted by Crippen LogP contribution is -2.39. The van der Waals surface area contributed by atoms with E-state index in [1.165, 1.54) is 4.90 Å². The van der Waals surface area contributed by atoms with Crippen LogP contribution in [-0.2, 0) is 11.3 Å². The average molecular weight is 453 g/mol. The van der Waals surface area contributed by atoms with Gasteiger partial charge in [0, 0.05) is 39.3 Å². The number of rotatable bonds is 6. The molecule has 0 aliphatic heterocycles. The number of aliphatic imine (C=N–C) groups is 1. The van der Waals surface area contributed by atoms with Crippen LogP contribution < -0.4 is 5.32 Å². The van der Waals surface area contributed by atoms with Crippen LogP contribution in [0.15, 0.2) is 29.3 Å². The zero-order chi connectivity index (χ0) is 16.5. The van der Waals surface area contributed by atoms with Gasteiger partial charge in [-0.15, -0.1) is 24.0 Å². The highest BCUT2D eigenvalue weighted by Gasteiger charge is 2.09. The number of benzene rings is 1. The Balaban J connectivity index is 0.00000484. The maximum absolute atomic E-state index is 11.7. The Morgan fingerprint density at radius 2 is 2.00 bits per heavy atom. The maximum Gasteiger partial charge on any atom is 0.243 e. The highest BCUT2D eigenvalue weighted by Crippen LogP contribution is 2.12. The summed E-state index contributed by atoms with van der Waals surface area (Å²) in [5, 5.41) is 3.99. The predicted molar refractivity (Wildman–Crippen MR) is 108 cm³/mol. The second kappa shape index (κ2) is 11.5. The Morgan fingerprint density at radius 1 is 1.30 bits per heavy atom. The van der Waals surface area contributed by atoms with Crippen molar-refractivity contribution in [1.82, 2.24) is 15.1 Å². The van der Waals surface area contributed by atoms with E-state index < -0.39 is 0 Å². The van der Waals surface area contributed by atoms with E-state index in [0.29, 0.717) is 11.6 Å². The van der Waals surface area contributed by atoms with Crippen LogP contribution in [0.3, 0.4) is 0 Å². The molecule has 0 radical (unpaired) electrons. The van der Waals surface area contributed by atoms with Crippen LogP contribution in [0.25, 0.3) is 0 Å². The number of guanidine groups is 1. The summed E-state index contributed by atoms with van der Waals surface area (Å²) < 4.78 is 0. The topological polar surface area (TPSA) is 47.9 Å². The molecule has 1 N–H and O–H groups in total. The van der Waals surface area contributed by atoms with Crippen molar-refractivity contribution < 1.29 is 4.79 Å². The fraction of sp³-hybridized carbons (Fsp3) is 0.500. The second-order valence-corrected chi connectivity index (χ2v) is 5.78. The Bertz CT molecular complexity index is 523. The summed E-state index contributed by atoms with van der Waals surface area (Å²) in [6.07, 6.45) is 0.992. The van der Waals surface area contributed by atoms with Crippen LogP contribution >= 0.6 is 35.6 Å². The molecule has 1 amide bonds. The van der Waals surface area contributed by atoms with Gasteiger partial charge in [-0.1, -0.05) is 30.7 Å². The van der Waals surface area contributed by atoms with Gasteiger partial charge in [0.1, 0.15) is 6.54 Å². The van der Waals surface area contributed by atoms with Crippen molar-refractivity contribution >= 4 is 47.4 Å². The third-order valence-corrected chi connectivity index (χ3v) is 3.30. The van der Waals surface area contributed by atoms with E-state index in [1.54, 1.807) is 14.1 Å². The first-order valence-electron chi connectivity index (χ1n) is 7.38. The molecule has 0 fully saturated rings. The summed E-state index contributed by atoms with van der Waals surface area (Å²) in [5.41, 5.74) is 1.10. The number of amides is 1. The van der Waals surface area contributed by atoms with Crippen LogP contribution in [0.2, 0.25) is 5.02 Å². The number of carbonyl (C=O) groups is 1. The number of likely N-dealkylation sites (N-methyl/N-ethyl adjacent to an activating group) is 1. The molecular formula is C16H26ClIN4O. The van der Waals surface area contributed by atoms with Crippen molar-refractivity contribution in [3.63, 3.8) is 0 Å². The van der Waals surface area contributed by atoms with Gasteiger partial charge in [-0.25, -0.2) is 4.99 Å². The van der Waals surface area contributed by atoms with E-state index in [2.05, 4.69) is 17.2 Å². The summed E-state index contributed by atoms with van der Waals surface area (Å²) >= 11 is 6.01. The van der Waals surface area contributed by atoms with Crippen LogP contribution in [0.1, 0.15) is 18.9 Å². The molecule has 130 valence electrons. The van der Waals surface area contributed by atoms with Crippen molar-refractivity contribution in [2.75, 3.05) is 34.2 Å². The van der Waals surface area contributed by atoms with E-state index >= 15 is 0 Å². The second-order valence-electron chi connectivity index (χ2n) is 5.34. The fourth-order valence-corrected chi connectivity index (χ4v) is 2.03. The van der Waals surface area contributed by atoms with Gasteiger partial charge in [0.05, 0.1) is 0 Å². The molecule has 0 unspecified atom stereocenters. The van der Waals surface area contributed by atoms with Gasteiger partial charge in [-0.3, -0.25) is 4.79 Å². The normalized spacial score (nSPS) is 10.7. The fourth-order valence-electron chi connectivity index (χ4n) is 1.82. The van der Waals surface area contributed by atoms with Crippen molar-refractivity contribution in [3.05, 3.63) is 34.9 Å². The molecule has 0 atom stereocenters. The summed E-state index contributed by atoms with van der Waals surface area (Å²) in [6, 6.07) is 7.73. The van der Waals surface area contributed by atoms with Crippen molar-refractivity contribution in [3.8, 4) is 0 Å². The Labute approximate surface area is 161 Å². The first-order chi connectivity index (χ1) is 10.4. The Hall–Kier alpha value is -1.02. The molecule has 0 saturated carbocycles. The van der Waals surface area contributed by atoms with Crippen LogP contribution in [0, 0.1) is 0 Å². The molecular weight excluding hydrogens is 427 g/mol. The largest absolute Gasteiger partial charge is 0.356 e. The summed E-state index contributed by atoms with van der Waals surface area (Å²) in [7, 11) is 5.40. The van der Waals surface area contributed by atoms with Crippen LogP contribution in [-0.4, -0.2) is 55.9 Å². The number of hydrogen-bond donors (Lipinski definition) is 1. The number of carbonyl (C=O) groups excluding carboxylic acids is 1. The van der Waals surface area contributed by atoms with Crippen molar-refractivity contribution in [2.24, 2.45) is 4.99 Å². The molecule has 0 aromatic heterocycles. The quantitative estimate of drug-likeness (QED) is 0.410. The van der Waals surface area contributed by atoms with Gasteiger partial charge in [0.2, 0.25) is 5.91 Å². The van der Waals surface area contributed by atoms with Gasteiger partial charge in [-0.2, -0.15) is 0 Å². The molecule has 0 heterocycles. The molecule has 23 heavy (non-hydrogen) atoms. The minimum Gasteiger partial charge on any atom is -0.356 e. The number of nitrogens with one attached hydrogen (secondary N) is 1. The van der Waals surface area contributed by atoms with Crippen molar-refractivity contribution in [1.29, 1.82) is 0 Å². The van der Waals surface area contributed by atoms with Crippen LogP contribution in [0.5, 0.6) is 0 Å². The molecule has 1 aromatic carbocycles. The third kappa shape index (κ3) is 8.41. The SMILES string of the molecule is CCCNC(=NCC(=O)N(C)C)N(C)Cc1cccc(Cl)c1.I. The molecule has 1 rings (SSSR count). The highest BCUT2D eigenvalue weighted by molar-refractivity contribution is 14.0. The molecule has 0 spiro atoms. The Kier molecular flexibility index (Phi) is 11.0. The number of halogens is 2. The first-order valence-corrected chi connectivity index (χ1v) is 7.76. The predicted octanol–water partition coefficient (Wildman–Crippen LogP) is 2.83. The molecule has 7 heteroatoms. The van der Waals surface area contributed by atoms with Gasteiger partial charge in [-0.05, 0) is 24.1 Å². The lowest BCUT2D eigenvalue weighted by molar-refractivity contribution is -0.127. The molecule has 0 saturated heterocycles. The third-order valence-electron chi connectivity index (χ3n) is 3.07. The lowest BCUT2D eigenvalue weighted by atomic mass is 10.2. The van der Waals surface area contributed by atoms with E-state index in [4.69, 9.17) is 11.6 Å². The van der Waals surface area contributed by atoms with E-state index in [0.717, 1.165) is 24.5 Å². The molecule has 0 aliphatic rings. The monoisotopic (exact) mass is 452 g/mol.